The van der Waals surface area contributed by atoms with Crippen LogP contribution in [0.15, 0.2) is 53.6 Å². The van der Waals surface area contributed by atoms with Crippen LogP contribution >= 0.6 is 0 Å². The molecule has 0 spiro atoms. The molecule has 0 fully saturated rings. The van der Waals surface area contributed by atoms with Gasteiger partial charge >= 0.3 is 0 Å². The molecule has 8 heteroatoms. The summed E-state index contributed by atoms with van der Waals surface area (Å²) in [5, 5.41) is 3.90. The van der Waals surface area contributed by atoms with Crippen molar-refractivity contribution in [1.29, 1.82) is 0 Å². The number of anilines is 2. The summed E-state index contributed by atoms with van der Waals surface area (Å²) in [7, 11) is 0.295. The van der Waals surface area contributed by atoms with Gasteiger partial charge in [-0.3, -0.25) is 9.10 Å². The van der Waals surface area contributed by atoms with Crippen LogP contribution in [0, 0.1) is 6.92 Å². The van der Waals surface area contributed by atoms with Gasteiger partial charge in [-0.2, -0.15) is 5.10 Å². The fourth-order valence-electron chi connectivity index (χ4n) is 2.39. The number of rotatable bonds is 7. The van der Waals surface area contributed by atoms with E-state index in [1.54, 1.807) is 18.2 Å². The van der Waals surface area contributed by atoms with Crippen LogP contribution in [0.3, 0.4) is 0 Å². The van der Waals surface area contributed by atoms with Gasteiger partial charge in [-0.1, -0.05) is 24.3 Å². The molecule has 0 aromatic heterocycles. The first-order chi connectivity index (χ1) is 12.7. The van der Waals surface area contributed by atoms with Gasteiger partial charge in [0.1, 0.15) is 6.54 Å². The molecule has 2 rings (SSSR count). The van der Waals surface area contributed by atoms with Gasteiger partial charge in [0.2, 0.25) is 10.0 Å². The number of hydrazone groups is 1. The third kappa shape index (κ3) is 6.10. The van der Waals surface area contributed by atoms with Crippen molar-refractivity contribution in [2.24, 2.45) is 5.10 Å². The first-order valence-electron chi connectivity index (χ1n) is 8.30. The minimum Gasteiger partial charge on any atom is -0.378 e. The van der Waals surface area contributed by atoms with Crippen LogP contribution in [-0.4, -0.2) is 47.4 Å². The molecule has 2 aromatic rings. The van der Waals surface area contributed by atoms with E-state index in [0.29, 0.717) is 5.69 Å². The van der Waals surface area contributed by atoms with E-state index in [-0.39, 0.29) is 6.54 Å². The predicted molar refractivity (Wildman–Crippen MR) is 110 cm³/mol. The second kappa shape index (κ2) is 8.68. The molecule has 0 saturated heterocycles. The Hall–Kier alpha value is -2.87. The summed E-state index contributed by atoms with van der Waals surface area (Å²) in [6.45, 7) is 1.51. The second-order valence-corrected chi connectivity index (χ2v) is 8.29. The summed E-state index contributed by atoms with van der Waals surface area (Å²) in [6.07, 6.45) is 2.58. The molecule has 144 valence electrons. The van der Waals surface area contributed by atoms with Crippen molar-refractivity contribution >= 4 is 33.5 Å². The van der Waals surface area contributed by atoms with Gasteiger partial charge < -0.3 is 4.90 Å². The first-order valence-corrected chi connectivity index (χ1v) is 10.2. The Morgan fingerprint density at radius 3 is 2.33 bits per heavy atom. The number of nitrogens with one attached hydrogen (secondary N) is 1. The SMILES string of the molecule is Cc1cccc(N(CC(=O)N/N=C/c2ccc(N(C)C)cc2)S(C)(=O)=O)c1. The zero-order valence-electron chi connectivity index (χ0n) is 15.9. The normalized spacial score (nSPS) is 11.4. The quantitative estimate of drug-likeness (QED) is 0.581. The van der Waals surface area contributed by atoms with Crippen LogP contribution in [0.5, 0.6) is 0 Å². The number of hydrogen-bond acceptors (Lipinski definition) is 5. The smallest absolute Gasteiger partial charge is 0.260 e. The van der Waals surface area contributed by atoms with Crippen molar-refractivity contribution in [3.05, 3.63) is 59.7 Å². The fourth-order valence-corrected chi connectivity index (χ4v) is 3.23. The third-order valence-electron chi connectivity index (χ3n) is 3.79. The molecule has 0 radical (unpaired) electrons. The highest BCUT2D eigenvalue weighted by molar-refractivity contribution is 7.92. The Labute approximate surface area is 160 Å². The molecule has 0 saturated carbocycles. The molecular weight excluding hydrogens is 364 g/mol. The molecule has 2 aromatic carbocycles. The Morgan fingerprint density at radius 2 is 1.78 bits per heavy atom. The van der Waals surface area contributed by atoms with E-state index in [1.165, 1.54) is 6.21 Å². The maximum atomic E-state index is 12.2. The maximum Gasteiger partial charge on any atom is 0.260 e. The van der Waals surface area contributed by atoms with E-state index in [0.717, 1.165) is 27.4 Å². The average molecular weight is 388 g/mol. The average Bonchev–Trinajstić information content (AvgIpc) is 2.59. The number of hydrogen-bond donors (Lipinski definition) is 1. The van der Waals surface area contributed by atoms with Crippen LogP contribution in [0.4, 0.5) is 11.4 Å². The predicted octanol–water partition coefficient (Wildman–Crippen LogP) is 1.98. The van der Waals surface area contributed by atoms with E-state index in [9.17, 15) is 13.2 Å². The lowest BCUT2D eigenvalue weighted by Crippen LogP contribution is -2.39. The Balaban J connectivity index is 2.03. The highest BCUT2D eigenvalue weighted by Crippen LogP contribution is 2.18. The molecule has 1 N–H and O–H groups in total. The van der Waals surface area contributed by atoms with Crippen molar-refractivity contribution in [2.45, 2.75) is 6.92 Å². The van der Waals surface area contributed by atoms with Crippen LogP contribution < -0.4 is 14.6 Å². The van der Waals surface area contributed by atoms with Crippen molar-refractivity contribution < 1.29 is 13.2 Å². The number of nitrogens with zero attached hydrogens (tertiary/aromatic N) is 3. The topological polar surface area (TPSA) is 82.1 Å². The summed E-state index contributed by atoms with van der Waals surface area (Å²) < 4.78 is 25.2. The number of amides is 1. The molecule has 0 atom stereocenters. The molecule has 0 aliphatic carbocycles. The Kier molecular flexibility index (Phi) is 6.57. The largest absolute Gasteiger partial charge is 0.378 e. The molecule has 0 unspecified atom stereocenters. The molecule has 7 nitrogen and oxygen atoms in total. The summed E-state index contributed by atoms with van der Waals surface area (Å²) in [4.78, 5) is 14.1. The number of carbonyl (C=O) groups excluding carboxylic acids is 1. The van der Waals surface area contributed by atoms with Crippen molar-refractivity contribution in [3.63, 3.8) is 0 Å². The molecular formula is C19H24N4O3S. The van der Waals surface area contributed by atoms with Crippen molar-refractivity contribution in [2.75, 3.05) is 36.1 Å². The molecule has 0 heterocycles. The Morgan fingerprint density at radius 1 is 1.11 bits per heavy atom. The molecule has 1 amide bonds. The van der Waals surface area contributed by atoms with E-state index >= 15 is 0 Å². The summed E-state index contributed by atoms with van der Waals surface area (Å²) in [5.41, 5.74) is 5.59. The maximum absolute atomic E-state index is 12.2. The minimum absolute atomic E-state index is 0.348. The van der Waals surface area contributed by atoms with Crippen LogP contribution in [0.25, 0.3) is 0 Å². The highest BCUT2D eigenvalue weighted by atomic mass is 32.2. The number of sulfonamides is 1. The van der Waals surface area contributed by atoms with Gasteiger partial charge in [0.15, 0.2) is 0 Å². The van der Waals surface area contributed by atoms with E-state index in [1.807, 2.05) is 56.3 Å². The van der Waals surface area contributed by atoms with Gasteiger partial charge in [0, 0.05) is 19.8 Å². The molecule has 0 aliphatic rings. The lowest BCUT2D eigenvalue weighted by molar-refractivity contribution is -0.119. The number of aryl methyl sites for hydroxylation is 1. The zero-order valence-corrected chi connectivity index (χ0v) is 16.7. The highest BCUT2D eigenvalue weighted by Gasteiger charge is 2.20. The van der Waals surface area contributed by atoms with Crippen LogP contribution in [-0.2, 0) is 14.8 Å². The monoisotopic (exact) mass is 388 g/mol. The summed E-state index contributed by atoms with van der Waals surface area (Å²) in [6, 6.07) is 14.6. The zero-order chi connectivity index (χ0) is 20.0. The van der Waals surface area contributed by atoms with Gasteiger partial charge in [0.05, 0.1) is 18.2 Å². The third-order valence-corrected chi connectivity index (χ3v) is 4.93. The van der Waals surface area contributed by atoms with Crippen molar-refractivity contribution in [3.8, 4) is 0 Å². The number of benzene rings is 2. The summed E-state index contributed by atoms with van der Waals surface area (Å²) >= 11 is 0. The Bertz CT molecular complexity index is 922. The summed E-state index contributed by atoms with van der Waals surface area (Å²) in [5.74, 6) is -0.525. The fraction of sp³-hybridized carbons (Fsp3) is 0.263. The molecule has 27 heavy (non-hydrogen) atoms. The first kappa shape index (κ1) is 20.4. The second-order valence-electron chi connectivity index (χ2n) is 6.39. The van der Waals surface area contributed by atoms with Gasteiger partial charge in [0.25, 0.3) is 5.91 Å². The minimum atomic E-state index is -3.60. The number of carbonyl (C=O) groups is 1. The van der Waals surface area contributed by atoms with Gasteiger partial charge in [-0.25, -0.2) is 13.8 Å². The standard InChI is InChI=1S/C19H24N4O3S/c1-15-6-5-7-18(12-15)23(27(4,25)26)14-19(24)21-20-13-16-8-10-17(11-9-16)22(2)3/h5-13H,14H2,1-4H3,(H,21,24)/b20-13+. The van der Waals surface area contributed by atoms with E-state index in [2.05, 4.69) is 10.5 Å². The van der Waals surface area contributed by atoms with E-state index in [4.69, 9.17) is 0 Å². The van der Waals surface area contributed by atoms with Gasteiger partial charge in [-0.05, 0) is 42.3 Å². The molecule has 0 bridgehead atoms. The van der Waals surface area contributed by atoms with Gasteiger partial charge in [-0.15, -0.1) is 0 Å². The van der Waals surface area contributed by atoms with Crippen molar-refractivity contribution in [1.82, 2.24) is 5.43 Å². The van der Waals surface area contributed by atoms with Crippen LogP contribution in [0.1, 0.15) is 11.1 Å². The molecule has 0 aliphatic heterocycles. The lowest BCUT2D eigenvalue weighted by atomic mass is 10.2. The van der Waals surface area contributed by atoms with Crippen LogP contribution in [0.2, 0.25) is 0 Å². The lowest BCUT2D eigenvalue weighted by Gasteiger charge is -2.21. The van der Waals surface area contributed by atoms with E-state index < -0.39 is 15.9 Å².